The second kappa shape index (κ2) is 10.9. The quantitative estimate of drug-likeness (QED) is 0.273. The fourth-order valence-electron chi connectivity index (χ4n) is 6.55. The third-order valence-corrected chi connectivity index (χ3v) is 9.83. The number of fused-ring (bicyclic) bond motifs is 2. The number of aromatic nitrogens is 3. The highest BCUT2D eigenvalue weighted by atomic mass is 35.5. The van der Waals surface area contributed by atoms with Crippen molar-refractivity contribution in [3.05, 3.63) is 80.7 Å². The molecule has 3 aliphatic rings. The molecular formula is C33H30ClF2N7O4. The number of nitrogens with zero attached hydrogens (tertiary/aromatic N) is 6. The topological polar surface area (TPSA) is 136 Å². The van der Waals surface area contributed by atoms with E-state index in [1.807, 2.05) is 6.07 Å². The van der Waals surface area contributed by atoms with E-state index in [2.05, 4.69) is 10.3 Å². The smallest absolute Gasteiger partial charge is 0.328 e. The fraction of sp³-hybridized carbons (Fsp3) is 0.364. The van der Waals surface area contributed by atoms with E-state index < -0.39 is 41.8 Å². The molecule has 2 aromatic heterocycles. The van der Waals surface area contributed by atoms with Crippen LogP contribution in [0.15, 0.2) is 53.3 Å². The monoisotopic (exact) mass is 661 g/mol. The molecule has 0 bridgehead atoms. The normalized spacial score (nSPS) is 21.2. The lowest BCUT2D eigenvalue weighted by atomic mass is 9.89. The van der Waals surface area contributed by atoms with Gasteiger partial charge >= 0.3 is 5.69 Å². The van der Waals surface area contributed by atoms with E-state index in [0.29, 0.717) is 47.4 Å². The third kappa shape index (κ3) is 5.03. The number of hydrogen-bond donors (Lipinski definition) is 2. The molecule has 1 aliphatic carbocycles. The fourth-order valence-corrected chi connectivity index (χ4v) is 6.75. The second-order valence-corrected chi connectivity index (χ2v) is 13.0. The standard InChI is InChI=1S/C33H30ClF2N7O4/c1-18-16-41(17-26(33(18,35)36)43-29(44)21-5-3-4-6-22(21)30(43)45)28-19(15-37)13-23(34)27(39-28)38-20-7-8-24-25(14-20)42(31(46)40(24)2)12-11-32(47)9-10-32/h3-8,13-14,18,26,47H,9-12,16-17H2,1-2H3,(H,38,39)/t18-,26+/m1/s1. The zero-order valence-corrected chi connectivity index (χ0v) is 26.3. The van der Waals surface area contributed by atoms with Crippen molar-refractivity contribution in [3.63, 3.8) is 0 Å². The highest BCUT2D eigenvalue weighted by Crippen LogP contribution is 2.42. The average molecular weight is 662 g/mol. The first-order chi connectivity index (χ1) is 22.3. The van der Waals surface area contributed by atoms with Crippen molar-refractivity contribution in [2.24, 2.45) is 13.0 Å². The number of aliphatic hydroxyl groups is 1. The molecule has 7 rings (SSSR count). The summed E-state index contributed by atoms with van der Waals surface area (Å²) in [4.78, 5) is 46.2. The number of carbonyl (C=O) groups is 2. The maximum atomic E-state index is 15.8. The summed E-state index contributed by atoms with van der Waals surface area (Å²) in [6.45, 7) is 1.00. The van der Waals surface area contributed by atoms with Gasteiger partial charge in [-0.3, -0.25) is 23.6 Å². The first-order valence-corrected chi connectivity index (χ1v) is 15.6. The number of anilines is 3. The zero-order chi connectivity index (χ0) is 33.4. The molecule has 1 saturated carbocycles. The van der Waals surface area contributed by atoms with Crippen molar-refractivity contribution < 1.29 is 23.5 Å². The van der Waals surface area contributed by atoms with Gasteiger partial charge in [0.25, 0.3) is 17.7 Å². The van der Waals surface area contributed by atoms with Crippen molar-refractivity contribution in [1.29, 1.82) is 5.26 Å². The van der Waals surface area contributed by atoms with Gasteiger partial charge in [0.2, 0.25) is 0 Å². The Bertz CT molecular complexity index is 2050. The summed E-state index contributed by atoms with van der Waals surface area (Å²) in [5.74, 6) is -6.11. The Labute approximate surface area is 272 Å². The lowest BCUT2D eigenvalue weighted by molar-refractivity contribution is -0.111. The van der Waals surface area contributed by atoms with Gasteiger partial charge in [0.05, 0.1) is 38.3 Å². The highest BCUT2D eigenvalue weighted by Gasteiger charge is 2.57. The predicted octanol–water partition coefficient (Wildman–Crippen LogP) is 4.67. The number of nitrogens with one attached hydrogen (secondary N) is 1. The molecule has 2 aromatic carbocycles. The molecule has 2 aliphatic heterocycles. The molecule has 0 unspecified atom stereocenters. The van der Waals surface area contributed by atoms with Gasteiger partial charge < -0.3 is 15.3 Å². The lowest BCUT2D eigenvalue weighted by Gasteiger charge is -2.45. The molecule has 4 heterocycles. The number of aryl methyl sites for hydroxylation is 2. The summed E-state index contributed by atoms with van der Waals surface area (Å²) in [6, 6.07) is 12.9. The summed E-state index contributed by atoms with van der Waals surface area (Å²) < 4.78 is 34.7. The number of alkyl halides is 2. The molecule has 14 heteroatoms. The molecule has 4 aromatic rings. The van der Waals surface area contributed by atoms with Crippen molar-refractivity contribution in [2.45, 2.75) is 50.3 Å². The molecule has 2 fully saturated rings. The number of carbonyl (C=O) groups excluding carboxylic acids is 2. The van der Waals surface area contributed by atoms with E-state index in [0.717, 1.165) is 0 Å². The SMILES string of the molecule is C[C@@H]1CN(c2nc(Nc3ccc4c(c3)n(CCC3(O)CC3)c(=O)n4C)c(Cl)cc2C#N)C[C@H](N2C(=O)c3ccccc3C2=O)C1(F)F. The number of nitriles is 1. The Kier molecular flexibility index (Phi) is 7.14. The van der Waals surface area contributed by atoms with E-state index in [-0.39, 0.29) is 45.6 Å². The Morgan fingerprint density at radius 3 is 2.38 bits per heavy atom. The van der Waals surface area contributed by atoms with Crippen LogP contribution in [-0.4, -0.2) is 66.6 Å². The minimum absolute atomic E-state index is 0.0319. The highest BCUT2D eigenvalue weighted by molar-refractivity contribution is 6.33. The van der Waals surface area contributed by atoms with E-state index >= 15 is 8.78 Å². The van der Waals surface area contributed by atoms with Crippen LogP contribution in [0.4, 0.5) is 26.1 Å². The molecule has 0 radical (unpaired) electrons. The molecule has 0 spiro atoms. The van der Waals surface area contributed by atoms with Gasteiger partial charge in [0, 0.05) is 38.3 Å². The molecule has 11 nitrogen and oxygen atoms in total. The Morgan fingerprint density at radius 2 is 1.74 bits per heavy atom. The number of pyridine rings is 1. The maximum Gasteiger partial charge on any atom is 0.328 e. The van der Waals surface area contributed by atoms with E-state index in [9.17, 15) is 24.8 Å². The first kappa shape index (κ1) is 30.8. The van der Waals surface area contributed by atoms with Crippen LogP contribution in [0.5, 0.6) is 0 Å². The van der Waals surface area contributed by atoms with Crippen LogP contribution in [0, 0.1) is 17.2 Å². The van der Waals surface area contributed by atoms with Gasteiger partial charge in [-0.05, 0) is 55.7 Å². The average Bonchev–Trinajstić information content (AvgIpc) is 3.67. The van der Waals surface area contributed by atoms with Gasteiger partial charge in [0.1, 0.15) is 17.9 Å². The van der Waals surface area contributed by atoms with Crippen LogP contribution in [0.2, 0.25) is 5.02 Å². The van der Waals surface area contributed by atoms with E-state index in [1.165, 1.54) is 34.6 Å². The van der Waals surface area contributed by atoms with Crippen LogP contribution in [0.1, 0.15) is 52.5 Å². The van der Waals surface area contributed by atoms with Crippen LogP contribution in [-0.2, 0) is 13.6 Å². The van der Waals surface area contributed by atoms with Crippen molar-refractivity contribution in [1.82, 2.24) is 19.0 Å². The molecule has 2 N–H and O–H groups in total. The Morgan fingerprint density at radius 1 is 1.06 bits per heavy atom. The van der Waals surface area contributed by atoms with Gasteiger partial charge in [-0.15, -0.1) is 0 Å². The van der Waals surface area contributed by atoms with Crippen LogP contribution in [0.3, 0.4) is 0 Å². The summed E-state index contributed by atoms with van der Waals surface area (Å²) in [5, 5.41) is 23.6. The number of benzene rings is 2. The second-order valence-electron chi connectivity index (χ2n) is 12.6. The Balaban J connectivity index is 1.22. The van der Waals surface area contributed by atoms with Crippen LogP contribution < -0.4 is 15.9 Å². The van der Waals surface area contributed by atoms with Crippen molar-refractivity contribution in [3.8, 4) is 6.07 Å². The Hall–Kier alpha value is -4.80. The van der Waals surface area contributed by atoms with Crippen LogP contribution in [0.25, 0.3) is 11.0 Å². The van der Waals surface area contributed by atoms with Crippen molar-refractivity contribution >= 4 is 51.8 Å². The van der Waals surface area contributed by atoms with Crippen LogP contribution >= 0.6 is 11.6 Å². The van der Waals surface area contributed by atoms with Gasteiger partial charge in [0.15, 0.2) is 5.82 Å². The molecule has 2 amide bonds. The number of hydrogen-bond acceptors (Lipinski definition) is 8. The lowest BCUT2D eigenvalue weighted by Crippen LogP contribution is -2.64. The third-order valence-electron chi connectivity index (χ3n) is 9.54. The predicted molar refractivity (Wildman–Crippen MR) is 170 cm³/mol. The maximum absolute atomic E-state index is 15.8. The van der Waals surface area contributed by atoms with E-state index in [1.54, 1.807) is 41.9 Å². The number of rotatable bonds is 7. The molecule has 242 valence electrons. The minimum Gasteiger partial charge on any atom is -0.390 e. The number of piperidine rings is 1. The summed E-state index contributed by atoms with van der Waals surface area (Å²) in [6.07, 6.45) is 1.86. The van der Waals surface area contributed by atoms with Crippen molar-refractivity contribution in [2.75, 3.05) is 23.3 Å². The molecule has 47 heavy (non-hydrogen) atoms. The number of amides is 2. The van der Waals surface area contributed by atoms with Gasteiger partial charge in [-0.1, -0.05) is 30.7 Å². The van der Waals surface area contributed by atoms with Gasteiger partial charge in [-0.25, -0.2) is 18.6 Å². The molecular weight excluding hydrogens is 632 g/mol. The van der Waals surface area contributed by atoms with E-state index in [4.69, 9.17) is 11.6 Å². The van der Waals surface area contributed by atoms with Gasteiger partial charge in [-0.2, -0.15) is 5.26 Å². The first-order valence-electron chi connectivity index (χ1n) is 15.2. The molecule has 1 saturated heterocycles. The number of halogens is 3. The number of imidazole rings is 1. The molecule has 2 atom stereocenters. The number of imide groups is 1. The summed E-state index contributed by atoms with van der Waals surface area (Å²) in [5.41, 5.74) is 1.05. The zero-order valence-electron chi connectivity index (χ0n) is 25.5. The summed E-state index contributed by atoms with van der Waals surface area (Å²) >= 11 is 6.55. The summed E-state index contributed by atoms with van der Waals surface area (Å²) in [7, 11) is 1.67. The minimum atomic E-state index is -3.42. The largest absolute Gasteiger partial charge is 0.390 e.